The molecule has 1 saturated heterocycles. The smallest absolute Gasteiger partial charge is 0.134 e. The van der Waals surface area contributed by atoms with E-state index in [9.17, 15) is 0 Å². The first-order chi connectivity index (χ1) is 9.22. The van der Waals surface area contributed by atoms with Gasteiger partial charge in [-0.2, -0.15) is 0 Å². The van der Waals surface area contributed by atoms with Crippen molar-refractivity contribution in [2.75, 3.05) is 31.2 Å². The highest BCUT2D eigenvalue weighted by atomic mass is 35.5. The van der Waals surface area contributed by atoms with Crippen LogP contribution < -0.4 is 4.90 Å². The third kappa shape index (κ3) is 4.03. The molecule has 0 amide bonds. The summed E-state index contributed by atoms with van der Waals surface area (Å²) in [5.74, 6) is 1.68. The Morgan fingerprint density at radius 3 is 2.79 bits per heavy atom. The summed E-state index contributed by atoms with van der Waals surface area (Å²) in [6, 6.07) is 1.82. The highest BCUT2D eigenvalue weighted by molar-refractivity contribution is 6.29. The van der Waals surface area contributed by atoms with Crippen molar-refractivity contribution in [2.45, 2.75) is 32.3 Å². The molecular formula is C13H20ClN3O2. The van der Waals surface area contributed by atoms with Crippen LogP contribution in [0.15, 0.2) is 6.07 Å². The minimum absolute atomic E-state index is 0.0849. The first-order valence-electron chi connectivity index (χ1n) is 6.73. The summed E-state index contributed by atoms with van der Waals surface area (Å²) < 4.78 is 5.55. The maximum atomic E-state index is 8.75. The molecule has 5 nitrogen and oxygen atoms in total. The van der Waals surface area contributed by atoms with Crippen molar-refractivity contribution >= 4 is 17.4 Å². The zero-order valence-electron chi connectivity index (χ0n) is 11.2. The van der Waals surface area contributed by atoms with Gasteiger partial charge in [0, 0.05) is 25.6 Å². The van der Waals surface area contributed by atoms with Crippen molar-refractivity contribution in [3.05, 3.63) is 17.0 Å². The predicted molar refractivity (Wildman–Crippen MR) is 74.7 cm³/mol. The third-order valence-electron chi connectivity index (χ3n) is 3.25. The molecule has 2 rings (SSSR count). The van der Waals surface area contributed by atoms with Crippen molar-refractivity contribution in [1.29, 1.82) is 0 Å². The Labute approximate surface area is 118 Å². The van der Waals surface area contributed by atoms with Crippen LogP contribution >= 0.6 is 11.6 Å². The first-order valence-corrected chi connectivity index (χ1v) is 7.11. The van der Waals surface area contributed by atoms with E-state index in [1.165, 1.54) is 0 Å². The largest absolute Gasteiger partial charge is 0.394 e. The van der Waals surface area contributed by atoms with E-state index in [0.717, 1.165) is 44.0 Å². The summed E-state index contributed by atoms with van der Waals surface area (Å²) in [6.45, 7) is 4.31. The number of aliphatic hydroxyl groups is 1. The van der Waals surface area contributed by atoms with Crippen molar-refractivity contribution in [1.82, 2.24) is 9.97 Å². The van der Waals surface area contributed by atoms with Crippen molar-refractivity contribution < 1.29 is 9.84 Å². The van der Waals surface area contributed by atoms with Crippen LogP contribution in [0, 0.1) is 0 Å². The molecule has 1 aromatic heterocycles. The Morgan fingerprint density at radius 2 is 2.16 bits per heavy atom. The molecule has 0 aromatic carbocycles. The van der Waals surface area contributed by atoms with E-state index in [4.69, 9.17) is 21.4 Å². The molecule has 106 valence electrons. The molecule has 1 aliphatic rings. The van der Waals surface area contributed by atoms with Crippen molar-refractivity contribution in [2.24, 2.45) is 0 Å². The molecular weight excluding hydrogens is 266 g/mol. The fourth-order valence-corrected chi connectivity index (χ4v) is 2.44. The number of aryl methyl sites for hydroxylation is 1. The second kappa shape index (κ2) is 7.03. The standard InChI is InChI=1S/C13H20ClN3O2/c1-2-12-15-11(14)9-13(16-12)17-5-3-10(4-6-17)19-8-7-18/h9-10,18H,2-8H2,1H3. The molecule has 2 heterocycles. The molecule has 0 atom stereocenters. The number of rotatable bonds is 5. The molecule has 1 aromatic rings. The summed E-state index contributed by atoms with van der Waals surface area (Å²) in [5, 5.41) is 9.25. The number of aliphatic hydroxyl groups excluding tert-OH is 1. The van der Waals surface area contributed by atoms with Gasteiger partial charge in [-0.15, -0.1) is 0 Å². The predicted octanol–water partition coefficient (Wildman–Crippen LogP) is 1.67. The Morgan fingerprint density at radius 1 is 1.42 bits per heavy atom. The van der Waals surface area contributed by atoms with Gasteiger partial charge in [0.1, 0.15) is 16.8 Å². The molecule has 19 heavy (non-hydrogen) atoms. The van der Waals surface area contributed by atoms with E-state index in [-0.39, 0.29) is 12.7 Å². The zero-order valence-corrected chi connectivity index (χ0v) is 11.9. The molecule has 0 aliphatic carbocycles. The van der Waals surface area contributed by atoms with Gasteiger partial charge in [-0.05, 0) is 12.8 Å². The summed E-state index contributed by atoms with van der Waals surface area (Å²) in [6.07, 6.45) is 2.92. The van der Waals surface area contributed by atoms with E-state index in [1.54, 1.807) is 0 Å². The van der Waals surface area contributed by atoms with Crippen LogP contribution in [-0.2, 0) is 11.2 Å². The number of hydrogen-bond donors (Lipinski definition) is 1. The highest BCUT2D eigenvalue weighted by Gasteiger charge is 2.21. The van der Waals surface area contributed by atoms with E-state index < -0.39 is 0 Å². The number of halogens is 1. The van der Waals surface area contributed by atoms with Crippen molar-refractivity contribution in [3.63, 3.8) is 0 Å². The fourth-order valence-electron chi connectivity index (χ4n) is 2.24. The van der Waals surface area contributed by atoms with Gasteiger partial charge in [0.25, 0.3) is 0 Å². The molecule has 1 aliphatic heterocycles. The number of nitrogens with zero attached hydrogens (tertiary/aromatic N) is 3. The molecule has 0 spiro atoms. The second-order valence-corrected chi connectivity index (χ2v) is 4.99. The van der Waals surface area contributed by atoms with Gasteiger partial charge in [-0.25, -0.2) is 9.97 Å². The Balaban J connectivity index is 1.95. The number of aromatic nitrogens is 2. The summed E-state index contributed by atoms with van der Waals surface area (Å²) in [7, 11) is 0. The van der Waals surface area contributed by atoms with E-state index >= 15 is 0 Å². The zero-order chi connectivity index (χ0) is 13.7. The van der Waals surface area contributed by atoms with Crippen molar-refractivity contribution in [3.8, 4) is 0 Å². The van der Waals surface area contributed by atoms with Gasteiger partial charge in [-0.3, -0.25) is 0 Å². The average molecular weight is 286 g/mol. The van der Waals surface area contributed by atoms with Gasteiger partial charge >= 0.3 is 0 Å². The maximum absolute atomic E-state index is 8.75. The monoisotopic (exact) mass is 285 g/mol. The third-order valence-corrected chi connectivity index (χ3v) is 3.45. The van der Waals surface area contributed by atoms with Gasteiger partial charge in [0.05, 0.1) is 19.3 Å². The summed E-state index contributed by atoms with van der Waals surface area (Å²) in [5.41, 5.74) is 0. The lowest BCUT2D eigenvalue weighted by Crippen LogP contribution is -2.38. The first kappa shape index (κ1) is 14.5. The number of ether oxygens (including phenoxy) is 1. The highest BCUT2D eigenvalue weighted by Crippen LogP contribution is 2.22. The summed E-state index contributed by atoms with van der Waals surface area (Å²) in [4.78, 5) is 10.9. The average Bonchev–Trinajstić information content (AvgIpc) is 2.45. The maximum Gasteiger partial charge on any atom is 0.134 e. The van der Waals surface area contributed by atoms with Crippen LogP contribution in [0.25, 0.3) is 0 Å². The van der Waals surface area contributed by atoms with Gasteiger partial charge in [0.2, 0.25) is 0 Å². The van der Waals surface area contributed by atoms with Crippen LogP contribution in [-0.4, -0.2) is 47.5 Å². The van der Waals surface area contributed by atoms with Crippen LogP contribution in [0.1, 0.15) is 25.6 Å². The number of piperidine rings is 1. The van der Waals surface area contributed by atoms with Crippen LogP contribution in [0.5, 0.6) is 0 Å². The van der Waals surface area contributed by atoms with Gasteiger partial charge in [-0.1, -0.05) is 18.5 Å². The molecule has 0 radical (unpaired) electrons. The lowest BCUT2D eigenvalue weighted by Gasteiger charge is -2.32. The quantitative estimate of drug-likeness (QED) is 0.834. The van der Waals surface area contributed by atoms with Crippen LogP contribution in [0.3, 0.4) is 0 Å². The fraction of sp³-hybridized carbons (Fsp3) is 0.692. The molecule has 1 N–H and O–H groups in total. The van der Waals surface area contributed by atoms with Crippen LogP contribution in [0.2, 0.25) is 5.15 Å². The molecule has 1 fully saturated rings. The van der Waals surface area contributed by atoms with E-state index in [1.807, 2.05) is 13.0 Å². The Bertz CT molecular complexity index is 409. The normalized spacial score (nSPS) is 16.9. The molecule has 6 heteroatoms. The van der Waals surface area contributed by atoms with Gasteiger partial charge < -0.3 is 14.7 Å². The van der Waals surface area contributed by atoms with E-state index in [2.05, 4.69) is 14.9 Å². The molecule has 0 bridgehead atoms. The minimum Gasteiger partial charge on any atom is -0.394 e. The van der Waals surface area contributed by atoms with Crippen LogP contribution in [0.4, 0.5) is 5.82 Å². The Hall–Kier alpha value is -0.910. The number of hydrogen-bond acceptors (Lipinski definition) is 5. The number of anilines is 1. The summed E-state index contributed by atoms with van der Waals surface area (Å²) >= 11 is 6.01. The lowest BCUT2D eigenvalue weighted by molar-refractivity contribution is 0.0158. The molecule has 0 unspecified atom stereocenters. The topological polar surface area (TPSA) is 58.5 Å². The second-order valence-electron chi connectivity index (χ2n) is 4.60. The SMILES string of the molecule is CCc1nc(Cl)cc(N2CCC(OCCO)CC2)n1. The Kier molecular flexibility index (Phi) is 5.36. The lowest BCUT2D eigenvalue weighted by atomic mass is 10.1. The minimum atomic E-state index is 0.0849. The van der Waals surface area contributed by atoms with Gasteiger partial charge in [0.15, 0.2) is 0 Å². The van der Waals surface area contributed by atoms with E-state index in [0.29, 0.717) is 11.8 Å². The molecule has 0 saturated carbocycles.